The van der Waals surface area contributed by atoms with E-state index < -0.39 is 0 Å². The van der Waals surface area contributed by atoms with Crippen LogP contribution >= 0.6 is 0 Å². The number of aromatic nitrogens is 1. The second kappa shape index (κ2) is 6.02. The maximum absolute atomic E-state index is 12.1. The third-order valence-corrected chi connectivity index (χ3v) is 3.59. The molecule has 3 N–H and O–H groups in total. The minimum absolute atomic E-state index is 0.127. The van der Waals surface area contributed by atoms with Gasteiger partial charge in [0.15, 0.2) is 0 Å². The molecule has 1 aliphatic heterocycles. The number of pyridine rings is 1. The number of piperidine rings is 1. The summed E-state index contributed by atoms with van der Waals surface area (Å²) < 4.78 is 0. The normalized spacial score (nSPS) is 20.2. The van der Waals surface area contributed by atoms with Crippen LogP contribution in [0, 0.1) is 12.8 Å². The number of nitrogens with one attached hydrogen (secondary N) is 1. The number of nitrogens with two attached hydrogens (primary N) is 1. The van der Waals surface area contributed by atoms with Gasteiger partial charge >= 0.3 is 0 Å². The number of rotatable bonds is 3. The van der Waals surface area contributed by atoms with Gasteiger partial charge < -0.3 is 16.0 Å². The number of hydrogen-bond acceptors (Lipinski definition) is 4. The van der Waals surface area contributed by atoms with Crippen molar-refractivity contribution in [1.82, 2.24) is 15.2 Å². The Balaban J connectivity index is 1.90. The molecule has 1 amide bonds. The van der Waals surface area contributed by atoms with E-state index in [0.29, 0.717) is 23.7 Å². The first-order valence-corrected chi connectivity index (χ1v) is 6.75. The Morgan fingerprint density at radius 1 is 1.63 bits per heavy atom. The fourth-order valence-corrected chi connectivity index (χ4v) is 2.54. The summed E-state index contributed by atoms with van der Waals surface area (Å²) in [6.45, 7) is 4.76. The Bertz CT molecular complexity index is 461. The van der Waals surface area contributed by atoms with Crippen molar-refractivity contribution < 1.29 is 4.79 Å². The molecule has 1 aliphatic rings. The van der Waals surface area contributed by atoms with Crippen molar-refractivity contribution in [2.24, 2.45) is 5.92 Å². The van der Waals surface area contributed by atoms with E-state index in [4.69, 9.17) is 5.73 Å². The number of carbonyl (C=O) groups is 1. The van der Waals surface area contributed by atoms with Gasteiger partial charge in [-0.2, -0.15) is 0 Å². The van der Waals surface area contributed by atoms with Crippen LogP contribution in [-0.4, -0.2) is 42.5 Å². The number of likely N-dealkylation sites (tertiary alicyclic amines) is 1. The molecule has 5 heteroatoms. The summed E-state index contributed by atoms with van der Waals surface area (Å²) in [4.78, 5) is 18.5. The third kappa shape index (κ3) is 3.67. The highest BCUT2D eigenvalue weighted by atomic mass is 16.1. The van der Waals surface area contributed by atoms with E-state index in [2.05, 4.69) is 22.2 Å². The van der Waals surface area contributed by atoms with Gasteiger partial charge in [0.05, 0.1) is 5.56 Å². The van der Waals surface area contributed by atoms with Gasteiger partial charge in [0.2, 0.25) is 0 Å². The zero-order valence-corrected chi connectivity index (χ0v) is 11.6. The molecule has 0 aliphatic carbocycles. The molecule has 5 nitrogen and oxygen atoms in total. The molecule has 2 heterocycles. The van der Waals surface area contributed by atoms with Gasteiger partial charge in [0.25, 0.3) is 5.91 Å². The van der Waals surface area contributed by atoms with Crippen molar-refractivity contribution in [2.45, 2.75) is 19.8 Å². The summed E-state index contributed by atoms with van der Waals surface area (Å²) in [5, 5.41) is 2.96. The number of carbonyl (C=O) groups excluding carboxylic acids is 1. The number of hydrogen-bond donors (Lipinski definition) is 2. The van der Waals surface area contributed by atoms with Gasteiger partial charge in [-0.15, -0.1) is 0 Å². The monoisotopic (exact) mass is 262 g/mol. The van der Waals surface area contributed by atoms with Gasteiger partial charge in [0, 0.05) is 30.7 Å². The lowest BCUT2D eigenvalue weighted by Crippen LogP contribution is -2.39. The lowest BCUT2D eigenvalue weighted by molar-refractivity contribution is 0.0937. The summed E-state index contributed by atoms with van der Waals surface area (Å²) in [7, 11) is 2.12. The summed E-state index contributed by atoms with van der Waals surface area (Å²) >= 11 is 0. The fourth-order valence-electron chi connectivity index (χ4n) is 2.54. The zero-order valence-electron chi connectivity index (χ0n) is 11.6. The molecule has 1 aromatic heterocycles. The molecule has 0 bridgehead atoms. The van der Waals surface area contributed by atoms with Crippen LogP contribution in [-0.2, 0) is 0 Å². The van der Waals surface area contributed by atoms with Crippen LogP contribution in [0.15, 0.2) is 12.3 Å². The number of nitrogens with zero attached hydrogens (tertiary/aromatic N) is 2. The summed E-state index contributed by atoms with van der Waals surface area (Å²) in [5.41, 5.74) is 7.63. The first-order valence-electron chi connectivity index (χ1n) is 6.75. The van der Waals surface area contributed by atoms with Gasteiger partial charge in [-0.3, -0.25) is 9.78 Å². The first kappa shape index (κ1) is 13.8. The molecule has 19 heavy (non-hydrogen) atoms. The maximum atomic E-state index is 12.1. The molecule has 2 rings (SSSR count). The van der Waals surface area contributed by atoms with Crippen molar-refractivity contribution in [1.29, 1.82) is 0 Å². The maximum Gasteiger partial charge on any atom is 0.254 e. The Morgan fingerprint density at radius 2 is 2.42 bits per heavy atom. The quantitative estimate of drug-likeness (QED) is 0.854. The van der Waals surface area contributed by atoms with Crippen LogP contribution in [0.25, 0.3) is 0 Å². The van der Waals surface area contributed by atoms with Crippen molar-refractivity contribution in [3.05, 3.63) is 23.5 Å². The molecule has 1 saturated heterocycles. The van der Waals surface area contributed by atoms with Crippen LogP contribution in [0.3, 0.4) is 0 Å². The fraction of sp³-hybridized carbons (Fsp3) is 0.571. The number of anilines is 1. The van der Waals surface area contributed by atoms with Crippen molar-refractivity contribution in [3.8, 4) is 0 Å². The van der Waals surface area contributed by atoms with Gasteiger partial charge in [0.1, 0.15) is 0 Å². The van der Waals surface area contributed by atoms with Gasteiger partial charge in [-0.05, 0) is 45.3 Å². The molecule has 1 atom stereocenters. The van der Waals surface area contributed by atoms with Crippen molar-refractivity contribution >= 4 is 11.6 Å². The second-order valence-corrected chi connectivity index (χ2v) is 5.39. The molecular formula is C14H22N4O. The van der Waals surface area contributed by atoms with E-state index in [1.165, 1.54) is 12.8 Å². The highest BCUT2D eigenvalue weighted by Crippen LogP contribution is 2.15. The Labute approximate surface area is 114 Å². The molecule has 1 aromatic rings. The standard InChI is InChI=1S/C14H22N4O/c1-10-6-13(15)12(8-16-10)14(19)17-7-11-4-3-5-18(2)9-11/h6,8,11H,3-5,7,9H2,1-2H3,(H2,15,16)(H,17,19). The highest BCUT2D eigenvalue weighted by Gasteiger charge is 2.18. The summed E-state index contributed by atoms with van der Waals surface area (Å²) in [6.07, 6.45) is 3.92. The number of nitrogen functional groups attached to an aromatic ring is 1. The molecule has 104 valence electrons. The molecule has 1 fully saturated rings. The predicted octanol–water partition coefficient (Wildman–Crippen LogP) is 1.04. The molecule has 0 saturated carbocycles. The van der Waals surface area contributed by atoms with Crippen LogP contribution in [0.2, 0.25) is 0 Å². The van der Waals surface area contributed by atoms with E-state index >= 15 is 0 Å². The van der Waals surface area contributed by atoms with Gasteiger partial charge in [-0.25, -0.2) is 0 Å². The van der Waals surface area contributed by atoms with Crippen molar-refractivity contribution in [2.75, 3.05) is 32.4 Å². The van der Waals surface area contributed by atoms with E-state index in [-0.39, 0.29) is 5.91 Å². The largest absolute Gasteiger partial charge is 0.398 e. The number of aryl methyl sites for hydroxylation is 1. The molecular weight excluding hydrogens is 240 g/mol. The SMILES string of the molecule is Cc1cc(N)c(C(=O)NCC2CCCN(C)C2)cn1. The second-order valence-electron chi connectivity index (χ2n) is 5.39. The predicted molar refractivity (Wildman–Crippen MR) is 75.9 cm³/mol. The molecule has 0 aromatic carbocycles. The van der Waals surface area contributed by atoms with E-state index in [1.807, 2.05) is 6.92 Å². The van der Waals surface area contributed by atoms with E-state index in [1.54, 1.807) is 12.3 Å². The summed E-state index contributed by atoms with van der Waals surface area (Å²) in [6, 6.07) is 1.73. The molecule has 0 spiro atoms. The average Bonchev–Trinajstić information content (AvgIpc) is 2.36. The molecule has 0 radical (unpaired) electrons. The minimum Gasteiger partial charge on any atom is -0.398 e. The number of amides is 1. The topological polar surface area (TPSA) is 71.2 Å². The minimum atomic E-state index is -0.127. The lowest BCUT2D eigenvalue weighted by atomic mass is 9.98. The smallest absolute Gasteiger partial charge is 0.254 e. The Kier molecular flexibility index (Phi) is 4.37. The average molecular weight is 262 g/mol. The van der Waals surface area contributed by atoms with Crippen LogP contribution in [0.1, 0.15) is 28.9 Å². The lowest BCUT2D eigenvalue weighted by Gasteiger charge is -2.29. The third-order valence-electron chi connectivity index (χ3n) is 3.59. The first-order chi connectivity index (χ1) is 9.06. The van der Waals surface area contributed by atoms with E-state index in [9.17, 15) is 4.79 Å². The highest BCUT2D eigenvalue weighted by molar-refractivity contribution is 5.98. The van der Waals surface area contributed by atoms with Crippen molar-refractivity contribution in [3.63, 3.8) is 0 Å². The summed E-state index contributed by atoms with van der Waals surface area (Å²) in [5.74, 6) is 0.403. The van der Waals surface area contributed by atoms with Gasteiger partial charge in [-0.1, -0.05) is 0 Å². The van der Waals surface area contributed by atoms with E-state index in [0.717, 1.165) is 18.8 Å². The van der Waals surface area contributed by atoms with Crippen LogP contribution in [0.5, 0.6) is 0 Å². The molecule has 1 unspecified atom stereocenters. The van der Waals surface area contributed by atoms with Crippen LogP contribution < -0.4 is 11.1 Å². The van der Waals surface area contributed by atoms with Crippen LogP contribution in [0.4, 0.5) is 5.69 Å². The zero-order chi connectivity index (χ0) is 13.8. The Morgan fingerprint density at radius 3 is 3.11 bits per heavy atom. The Hall–Kier alpha value is -1.62.